The van der Waals surface area contributed by atoms with Gasteiger partial charge in [-0.25, -0.2) is 0 Å². The van der Waals surface area contributed by atoms with Crippen LogP contribution in [-0.4, -0.2) is 15.2 Å². The summed E-state index contributed by atoms with van der Waals surface area (Å²) >= 11 is 0. The zero-order valence-corrected chi connectivity index (χ0v) is 11.4. The predicted octanol–water partition coefficient (Wildman–Crippen LogP) is 3.71. The fraction of sp³-hybridized carbons (Fsp3) is 0.600. The molecule has 0 atom stereocenters. The van der Waals surface area contributed by atoms with E-state index in [4.69, 9.17) is 0 Å². The highest BCUT2D eigenvalue weighted by Crippen LogP contribution is 2.30. The maximum absolute atomic E-state index is 4.15. The van der Waals surface area contributed by atoms with Crippen molar-refractivity contribution >= 4 is 15.2 Å². The minimum Gasteiger partial charge on any atom is -0.104 e. The van der Waals surface area contributed by atoms with E-state index in [9.17, 15) is 0 Å². The van der Waals surface area contributed by atoms with Crippen molar-refractivity contribution < 1.29 is 0 Å². The van der Waals surface area contributed by atoms with Crippen LogP contribution < -0.4 is 0 Å². The van der Waals surface area contributed by atoms with E-state index in [2.05, 4.69) is 53.2 Å². The lowest BCUT2D eigenvalue weighted by Crippen LogP contribution is -2.56. The molecule has 0 bridgehead atoms. The van der Waals surface area contributed by atoms with Crippen molar-refractivity contribution in [2.75, 3.05) is 0 Å². The van der Waals surface area contributed by atoms with Crippen molar-refractivity contribution in [1.82, 2.24) is 0 Å². The predicted molar refractivity (Wildman–Crippen MR) is 64.6 cm³/mol. The minimum atomic E-state index is -1.36. The van der Waals surface area contributed by atoms with Gasteiger partial charge in [-0.3, -0.25) is 0 Å². The highest BCUT2D eigenvalue weighted by atomic mass is 29.3. The van der Waals surface area contributed by atoms with Gasteiger partial charge < -0.3 is 0 Å². The molecule has 0 unspecified atom stereocenters. The molecule has 0 aliphatic carbocycles. The average Bonchev–Trinajstić information content (AvgIpc) is 1.82. The Kier molecular flexibility index (Phi) is 3.32. The lowest BCUT2D eigenvalue weighted by molar-refractivity contribution is 1.52. The lowest BCUT2D eigenvalue weighted by atomic mass is 10.7. The van der Waals surface area contributed by atoms with E-state index >= 15 is 0 Å². The molecule has 0 rings (SSSR count). The van der Waals surface area contributed by atoms with Crippen LogP contribution in [0.5, 0.6) is 0 Å². The summed E-state index contributed by atoms with van der Waals surface area (Å²) in [5.74, 6) is 0. The summed E-state index contributed by atoms with van der Waals surface area (Å²) in [4.78, 5) is 0. The van der Waals surface area contributed by atoms with Gasteiger partial charge in [0.2, 0.25) is 0 Å². The molecule has 0 aliphatic heterocycles. The lowest BCUT2D eigenvalue weighted by Gasteiger charge is -2.40. The van der Waals surface area contributed by atoms with Crippen LogP contribution in [0.1, 0.15) is 13.8 Å². The van der Waals surface area contributed by atoms with Gasteiger partial charge in [0.1, 0.15) is 0 Å². The normalized spacial score (nSPS) is 12.8. The molecule has 0 nitrogen and oxygen atoms in total. The number of allylic oxidation sites excluding steroid dienone is 2. The number of hydrogen-bond donors (Lipinski definition) is 0. The summed E-state index contributed by atoms with van der Waals surface area (Å²) in [7, 11) is -2.45. The molecule has 12 heavy (non-hydrogen) atoms. The van der Waals surface area contributed by atoms with Crippen molar-refractivity contribution in [2.24, 2.45) is 0 Å². The third kappa shape index (κ3) is 1.80. The van der Waals surface area contributed by atoms with E-state index in [1.807, 2.05) is 0 Å². The van der Waals surface area contributed by atoms with Crippen molar-refractivity contribution in [2.45, 2.75) is 40.0 Å². The largest absolute Gasteiger partial charge is 0.104 e. The van der Waals surface area contributed by atoms with E-state index in [1.165, 1.54) is 10.4 Å². The second kappa shape index (κ2) is 3.34. The molecule has 0 aromatic rings. The highest BCUT2D eigenvalue weighted by molar-refractivity contribution is 7.46. The van der Waals surface area contributed by atoms with Crippen LogP contribution in [0.25, 0.3) is 0 Å². The van der Waals surface area contributed by atoms with Gasteiger partial charge in [0, 0.05) is 7.59 Å². The fourth-order valence-electron chi connectivity index (χ4n) is 1.64. The first-order valence-corrected chi connectivity index (χ1v) is 11.5. The fourth-order valence-corrected chi connectivity index (χ4v) is 12.6. The summed E-state index contributed by atoms with van der Waals surface area (Å²) in [5, 5.41) is 2.79. The summed E-state index contributed by atoms with van der Waals surface area (Å²) in [6, 6.07) is 0. The first-order chi connectivity index (χ1) is 5.14. The van der Waals surface area contributed by atoms with E-state index in [1.54, 1.807) is 0 Å². The van der Waals surface area contributed by atoms with Gasteiger partial charge in [0.25, 0.3) is 0 Å². The third-order valence-corrected chi connectivity index (χ3v) is 21.2. The van der Waals surface area contributed by atoms with Gasteiger partial charge in [0.05, 0.1) is 7.59 Å². The van der Waals surface area contributed by atoms with E-state index in [0.717, 1.165) is 0 Å². The molecule has 0 aliphatic rings. The highest BCUT2D eigenvalue weighted by Gasteiger charge is 2.42. The average molecular weight is 198 g/mol. The van der Waals surface area contributed by atoms with Gasteiger partial charge in [-0.15, -0.1) is 13.2 Å². The molecule has 0 fully saturated rings. The van der Waals surface area contributed by atoms with E-state index in [-0.39, 0.29) is 0 Å². The molecule has 2 heteroatoms. The van der Waals surface area contributed by atoms with Gasteiger partial charge in [-0.1, -0.05) is 36.6 Å². The van der Waals surface area contributed by atoms with E-state index < -0.39 is 15.2 Å². The SMILES string of the molecule is C=C(C)[Si](C)(C(=C)C)[Si](C)(C)C. The van der Waals surface area contributed by atoms with Gasteiger partial charge in [-0.2, -0.15) is 0 Å². The Morgan fingerprint density at radius 3 is 1.08 bits per heavy atom. The third-order valence-electron chi connectivity index (χ3n) is 3.21. The molecule has 0 aromatic carbocycles. The summed E-state index contributed by atoms with van der Waals surface area (Å²) in [6.07, 6.45) is 0. The molecular weight excluding hydrogens is 176 g/mol. The first-order valence-electron chi connectivity index (χ1n) is 4.46. The maximum Gasteiger partial charge on any atom is 0.0949 e. The zero-order chi connectivity index (χ0) is 10.2. The maximum atomic E-state index is 4.15. The summed E-state index contributed by atoms with van der Waals surface area (Å²) < 4.78 is 0. The Morgan fingerprint density at radius 1 is 0.833 bits per heavy atom. The van der Waals surface area contributed by atoms with Crippen molar-refractivity contribution in [1.29, 1.82) is 0 Å². The van der Waals surface area contributed by atoms with Crippen LogP contribution in [0.2, 0.25) is 26.2 Å². The monoisotopic (exact) mass is 198 g/mol. The smallest absolute Gasteiger partial charge is 0.0949 e. The van der Waals surface area contributed by atoms with E-state index in [0.29, 0.717) is 0 Å². The standard InChI is InChI=1S/C10H22Si2/c1-9(2)12(8,10(3)4)11(5,6)7/h1,3H2,2,4-8H3. The zero-order valence-electron chi connectivity index (χ0n) is 9.41. The number of hydrogen-bond acceptors (Lipinski definition) is 0. The molecule has 0 amide bonds. The molecular formula is C10H22Si2. The molecule has 0 saturated heterocycles. The molecule has 0 aromatic heterocycles. The molecule has 0 N–H and O–H groups in total. The Balaban J connectivity index is 5.17. The second-order valence-electron chi connectivity index (χ2n) is 4.94. The quantitative estimate of drug-likeness (QED) is 0.607. The van der Waals surface area contributed by atoms with Crippen molar-refractivity contribution in [3.05, 3.63) is 23.6 Å². The molecule has 70 valence electrons. The van der Waals surface area contributed by atoms with Crippen LogP contribution in [0.3, 0.4) is 0 Å². The van der Waals surface area contributed by atoms with Crippen molar-refractivity contribution in [3.63, 3.8) is 0 Å². The minimum absolute atomic E-state index is 1.10. The Hall–Kier alpha value is -0.0862. The van der Waals surface area contributed by atoms with Gasteiger partial charge in [-0.05, 0) is 13.8 Å². The van der Waals surface area contributed by atoms with Crippen LogP contribution in [-0.2, 0) is 0 Å². The van der Waals surface area contributed by atoms with Crippen LogP contribution in [0.15, 0.2) is 23.6 Å². The first kappa shape index (κ1) is 11.9. The second-order valence-corrected chi connectivity index (χ2v) is 20.9. The van der Waals surface area contributed by atoms with Gasteiger partial charge in [0.15, 0.2) is 0 Å². The Bertz CT molecular complexity index is 194. The number of rotatable bonds is 3. The summed E-state index contributed by atoms with van der Waals surface area (Å²) in [5.41, 5.74) is 0. The molecule has 0 spiro atoms. The molecule has 0 heterocycles. The Labute approximate surface area is 79.2 Å². The van der Waals surface area contributed by atoms with Crippen LogP contribution in [0.4, 0.5) is 0 Å². The Morgan fingerprint density at radius 2 is 1.08 bits per heavy atom. The van der Waals surface area contributed by atoms with Crippen molar-refractivity contribution in [3.8, 4) is 0 Å². The van der Waals surface area contributed by atoms with Crippen LogP contribution >= 0.6 is 0 Å². The topological polar surface area (TPSA) is 0 Å². The molecule has 0 saturated carbocycles. The molecule has 0 radical (unpaired) electrons. The van der Waals surface area contributed by atoms with Crippen LogP contribution in [0, 0.1) is 0 Å². The van der Waals surface area contributed by atoms with Gasteiger partial charge >= 0.3 is 0 Å². The summed E-state index contributed by atoms with van der Waals surface area (Å²) in [6.45, 7) is 22.4.